The van der Waals surface area contributed by atoms with E-state index in [0.717, 1.165) is 64.4 Å². The van der Waals surface area contributed by atoms with E-state index < -0.39 is 0 Å². The lowest BCUT2D eigenvalue weighted by molar-refractivity contribution is -0.123. The molecule has 1 unspecified atom stereocenters. The molecule has 1 aliphatic rings. The summed E-state index contributed by atoms with van der Waals surface area (Å²) in [5, 5.41) is 6.86. The van der Waals surface area contributed by atoms with Crippen molar-refractivity contribution in [3.8, 4) is 0 Å². The van der Waals surface area contributed by atoms with E-state index in [2.05, 4.69) is 36.3 Å². The zero-order valence-corrected chi connectivity index (χ0v) is 17.2. The number of guanidine groups is 1. The summed E-state index contributed by atoms with van der Waals surface area (Å²) in [5.41, 5.74) is 5.39. The second kappa shape index (κ2) is 13.8. The number of carbonyl (C=O) groups excluding carboxylic acids is 1. The van der Waals surface area contributed by atoms with Crippen LogP contribution in [0.25, 0.3) is 0 Å². The highest BCUT2D eigenvalue weighted by Gasteiger charge is 2.22. The Hall–Kier alpha value is -1.30. The van der Waals surface area contributed by atoms with Gasteiger partial charge in [-0.15, -0.1) is 0 Å². The van der Waals surface area contributed by atoms with Gasteiger partial charge in [0.1, 0.15) is 0 Å². The van der Waals surface area contributed by atoms with Crippen LogP contribution in [-0.4, -0.2) is 55.5 Å². The highest BCUT2D eigenvalue weighted by Crippen LogP contribution is 2.16. The van der Waals surface area contributed by atoms with E-state index in [1.165, 1.54) is 25.7 Å². The molecule has 0 spiro atoms. The zero-order chi connectivity index (χ0) is 19.2. The standard InChI is InChI=1S/C20H41N5O/c1-4-6-7-10-17(3)24-20(22-5-2)23-13-8-9-14-25-15-11-18(12-16-25)19(21)26/h17-18H,4-16H2,1-3H3,(H2,21,26)(H2,22,23,24). The minimum absolute atomic E-state index is 0.0870. The van der Waals surface area contributed by atoms with Gasteiger partial charge in [0.2, 0.25) is 5.91 Å². The van der Waals surface area contributed by atoms with Gasteiger partial charge in [-0.2, -0.15) is 0 Å². The van der Waals surface area contributed by atoms with Crippen LogP contribution < -0.4 is 16.4 Å². The Morgan fingerprint density at radius 3 is 2.54 bits per heavy atom. The molecular weight excluding hydrogens is 326 g/mol. The van der Waals surface area contributed by atoms with Crippen LogP contribution in [0.1, 0.15) is 72.1 Å². The van der Waals surface area contributed by atoms with E-state index in [4.69, 9.17) is 10.7 Å². The molecule has 0 aromatic carbocycles. The number of carbonyl (C=O) groups is 1. The molecule has 1 atom stereocenters. The lowest BCUT2D eigenvalue weighted by Crippen LogP contribution is -2.42. The summed E-state index contributed by atoms with van der Waals surface area (Å²) in [5.74, 6) is 0.897. The minimum atomic E-state index is -0.133. The maximum absolute atomic E-state index is 11.2. The van der Waals surface area contributed by atoms with Crippen molar-refractivity contribution in [3.05, 3.63) is 0 Å². The summed E-state index contributed by atoms with van der Waals surface area (Å²) in [6.07, 6.45) is 9.11. The molecule has 1 aliphatic heterocycles. The summed E-state index contributed by atoms with van der Waals surface area (Å²) in [7, 11) is 0. The third kappa shape index (κ3) is 10.00. The molecule has 0 radical (unpaired) electrons. The highest BCUT2D eigenvalue weighted by atomic mass is 16.1. The Morgan fingerprint density at radius 2 is 1.92 bits per heavy atom. The van der Waals surface area contributed by atoms with E-state index in [0.29, 0.717) is 6.04 Å². The lowest BCUT2D eigenvalue weighted by atomic mass is 9.96. The highest BCUT2D eigenvalue weighted by molar-refractivity contribution is 5.80. The summed E-state index contributed by atoms with van der Waals surface area (Å²) in [6.45, 7) is 11.4. The lowest BCUT2D eigenvalue weighted by Gasteiger charge is -2.30. The van der Waals surface area contributed by atoms with Gasteiger partial charge in [-0.25, -0.2) is 0 Å². The fraction of sp³-hybridized carbons (Fsp3) is 0.900. The molecule has 0 aliphatic carbocycles. The van der Waals surface area contributed by atoms with Gasteiger partial charge in [0.15, 0.2) is 5.96 Å². The second-order valence-corrected chi connectivity index (χ2v) is 7.53. The van der Waals surface area contributed by atoms with Crippen LogP contribution in [0.4, 0.5) is 0 Å². The third-order valence-corrected chi connectivity index (χ3v) is 5.11. The number of nitrogens with one attached hydrogen (secondary N) is 2. The van der Waals surface area contributed by atoms with E-state index in [1.54, 1.807) is 0 Å². The molecule has 6 heteroatoms. The van der Waals surface area contributed by atoms with E-state index >= 15 is 0 Å². The predicted octanol–water partition coefficient (Wildman–Crippen LogP) is 2.49. The topological polar surface area (TPSA) is 82.8 Å². The molecule has 1 rings (SSSR count). The monoisotopic (exact) mass is 367 g/mol. The number of unbranched alkanes of at least 4 members (excludes halogenated alkanes) is 3. The first-order chi connectivity index (χ1) is 12.6. The number of likely N-dealkylation sites (tertiary alicyclic amines) is 1. The molecule has 1 heterocycles. The van der Waals surface area contributed by atoms with Gasteiger partial charge >= 0.3 is 0 Å². The first kappa shape index (κ1) is 22.7. The molecule has 6 nitrogen and oxygen atoms in total. The summed E-state index contributed by atoms with van der Waals surface area (Å²) >= 11 is 0. The first-order valence-corrected chi connectivity index (χ1v) is 10.6. The molecule has 1 amide bonds. The van der Waals surface area contributed by atoms with Crippen molar-refractivity contribution < 1.29 is 4.79 Å². The quantitative estimate of drug-likeness (QED) is 0.281. The molecule has 4 N–H and O–H groups in total. The van der Waals surface area contributed by atoms with Crippen LogP contribution in [0.15, 0.2) is 4.99 Å². The van der Waals surface area contributed by atoms with Crippen molar-refractivity contribution in [2.24, 2.45) is 16.6 Å². The van der Waals surface area contributed by atoms with Gasteiger partial charge in [0.05, 0.1) is 0 Å². The number of rotatable bonds is 12. The van der Waals surface area contributed by atoms with Gasteiger partial charge in [0, 0.05) is 25.0 Å². The van der Waals surface area contributed by atoms with Gasteiger partial charge in [-0.05, 0) is 65.6 Å². The van der Waals surface area contributed by atoms with Crippen molar-refractivity contribution in [3.63, 3.8) is 0 Å². The van der Waals surface area contributed by atoms with Crippen LogP contribution in [0, 0.1) is 5.92 Å². The SMILES string of the molecule is CCCCCC(C)NC(=NCCCCN1CCC(C(N)=O)CC1)NCC. The summed E-state index contributed by atoms with van der Waals surface area (Å²) in [6, 6.07) is 0.464. The first-order valence-electron chi connectivity index (χ1n) is 10.6. The van der Waals surface area contributed by atoms with Crippen molar-refractivity contribution >= 4 is 11.9 Å². The zero-order valence-electron chi connectivity index (χ0n) is 17.2. The van der Waals surface area contributed by atoms with Crippen LogP contribution in [0.2, 0.25) is 0 Å². The molecule has 0 bridgehead atoms. The Labute approximate surface area is 160 Å². The maximum atomic E-state index is 11.2. The summed E-state index contributed by atoms with van der Waals surface area (Å²) in [4.78, 5) is 18.4. The van der Waals surface area contributed by atoms with E-state index in [1.807, 2.05) is 0 Å². The Kier molecular flexibility index (Phi) is 12.1. The van der Waals surface area contributed by atoms with Crippen LogP contribution in [0.3, 0.4) is 0 Å². The van der Waals surface area contributed by atoms with Gasteiger partial charge in [-0.3, -0.25) is 9.79 Å². The molecule has 152 valence electrons. The van der Waals surface area contributed by atoms with Crippen molar-refractivity contribution in [2.45, 2.75) is 78.2 Å². The molecule has 1 fully saturated rings. The maximum Gasteiger partial charge on any atom is 0.220 e. The van der Waals surface area contributed by atoms with E-state index in [9.17, 15) is 4.79 Å². The van der Waals surface area contributed by atoms with Gasteiger partial charge in [-0.1, -0.05) is 26.2 Å². The Morgan fingerprint density at radius 1 is 1.19 bits per heavy atom. The van der Waals surface area contributed by atoms with Crippen LogP contribution >= 0.6 is 0 Å². The van der Waals surface area contributed by atoms with Gasteiger partial charge < -0.3 is 21.3 Å². The predicted molar refractivity (Wildman–Crippen MR) is 110 cm³/mol. The average molecular weight is 368 g/mol. The number of primary amides is 1. The Balaban J connectivity index is 2.19. The van der Waals surface area contributed by atoms with Gasteiger partial charge in [0.25, 0.3) is 0 Å². The fourth-order valence-corrected chi connectivity index (χ4v) is 3.41. The number of aliphatic imine (C=N–C) groups is 1. The molecule has 0 saturated carbocycles. The number of amides is 1. The third-order valence-electron chi connectivity index (χ3n) is 5.11. The van der Waals surface area contributed by atoms with Crippen LogP contribution in [-0.2, 0) is 4.79 Å². The number of piperidine rings is 1. The van der Waals surface area contributed by atoms with Crippen molar-refractivity contribution in [1.29, 1.82) is 0 Å². The van der Waals surface area contributed by atoms with Crippen LogP contribution in [0.5, 0.6) is 0 Å². The Bertz CT molecular complexity index is 405. The molecule has 26 heavy (non-hydrogen) atoms. The fourth-order valence-electron chi connectivity index (χ4n) is 3.41. The van der Waals surface area contributed by atoms with Crippen molar-refractivity contribution in [1.82, 2.24) is 15.5 Å². The molecule has 1 saturated heterocycles. The number of hydrogen-bond donors (Lipinski definition) is 3. The smallest absolute Gasteiger partial charge is 0.220 e. The number of nitrogens with two attached hydrogens (primary N) is 1. The molecular formula is C20H41N5O. The minimum Gasteiger partial charge on any atom is -0.369 e. The van der Waals surface area contributed by atoms with E-state index in [-0.39, 0.29) is 11.8 Å². The number of nitrogens with zero attached hydrogens (tertiary/aromatic N) is 2. The average Bonchev–Trinajstić information content (AvgIpc) is 2.62. The molecule has 0 aromatic rings. The normalized spacial score (nSPS) is 17.9. The van der Waals surface area contributed by atoms with Crippen molar-refractivity contribution in [2.75, 3.05) is 32.7 Å². The summed E-state index contributed by atoms with van der Waals surface area (Å²) < 4.78 is 0. The largest absolute Gasteiger partial charge is 0.369 e. The second-order valence-electron chi connectivity index (χ2n) is 7.53. The molecule has 0 aromatic heterocycles. The number of hydrogen-bond acceptors (Lipinski definition) is 3.